The third-order valence-corrected chi connectivity index (χ3v) is 8.88. The molecule has 228 valence electrons. The Morgan fingerprint density at radius 1 is 1.00 bits per heavy atom. The van der Waals surface area contributed by atoms with E-state index in [2.05, 4.69) is 15.3 Å². The number of halogens is 2. The molecule has 12 heteroatoms. The highest BCUT2D eigenvalue weighted by Gasteiger charge is 2.37. The van der Waals surface area contributed by atoms with Crippen molar-refractivity contribution in [2.75, 3.05) is 25.5 Å². The number of benzene rings is 2. The summed E-state index contributed by atoms with van der Waals surface area (Å²) in [6, 6.07) is 15.9. The number of nitrogens with zero attached hydrogens (tertiary/aromatic N) is 4. The molecule has 0 bridgehead atoms. The number of hydrogen-bond acceptors (Lipinski definition) is 7. The van der Waals surface area contributed by atoms with E-state index in [0.717, 1.165) is 10.2 Å². The van der Waals surface area contributed by atoms with Crippen molar-refractivity contribution in [3.05, 3.63) is 92.3 Å². The van der Waals surface area contributed by atoms with Crippen LogP contribution < -0.4 is 15.6 Å². The summed E-state index contributed by atoms with van der Waals surface area (Å²) in [5.41, 5.74) is 2.39. The van der Waals surface area contributed by atoms with E-state index in [9.17, 15) is 19.5 Å². The topological polar surface area (TPSA) is 127 Å². The largest absolute Gasteiger partial charge is 0.481 e. The summed E-state index contributed by atoms with van der Waals surface area (Å²) >= 11 is 13.7. The van der Waals surface area contributed by atoms with Crippen LogP contribution in [0.2, 0.25) is 10.0 Å². The van der Waals surface area contributed by atoms with Crippen molar-refractivity contribution in [1.82, 2.24) is 19.7 Å². The van der Waals surface area contributed by atoms with Gasteiger partial charge in [0, 0.05) is 42.0 Å². The second-order valence-corrected chi connectivity index (χ2v) is 11.7. The van der Waals surface area contributed by atoms with Gasteiger partial charge in [0.05, 0.1) is 34.0 Å². The van der Waals surface area contributed by atoms with E-state index in [-0.39, 0.29) is 10.6 Å². The molecule has 0 aliphatic carbocycles. The monoisotopic (exact) mass is 635 g/mol. The zero-order valence-electron chi connectivity index (χ0n) is 24.4. The summed E-state index contributed by atoms with van der Waals surface area (Å²) in [6.45, 7) is 3.72. The molecule has 5 rings (SSSR count). The van der Waals surface area contributed by atoms with Gasteiger partial charge in [0.25, 0.3) is 11.5 Å². The quantitative estimate of drug-likeness (QED) is 0.250. The molecule has 4 aromatic rings. The van der Waals surface area contributed by atoms with Crippen LogP contribution in [0, 0.1) is 5.41 Å². The standard InChI is InChI=1S/C32H31Cl2N5O5/c1-32(31(42)43)13-16-39(17-14-32)18-19-10-11-24(37-29(19)44-3)22-8-4-6-20(26(22)33)21-7-5-9-25(27(21)34)36-28(40)23-12-15-35-38(2)30(23)41/h4-12,15H,13-14,16-18H2,1-3H3,(H,36,40)(H,42,43). The first-order chi connectivity index (χ1) is 21.0. The summed E-state index contributed by atoms with van der Waals surface area (Å²) < 4.78 is 6.72. The molecule has 10 nitrogen and oxygen atoms in total. The fourth-order valence-electron chi connectivity index (χ4n) is 5.22. The lowest BCUT2D eigenvalue weighted by atomic mass is 9.80. The van der Waals surface area contributed by atoms with Crippen LogP contribution in [0.5, 0.6) is 5.88 Å². The molecule has 0 saturated carbocycles. The van der Waals surface area contributed by atoms with E-state index in [1.807, 2.05) is 30.3 Å². The van der Waals surface area contributed by atoms with Crippen molar-refractivity contribution in [2.45, 2.75) is 26.3 Å². The lowest BCUT2D eigenvalue weighted by Gasteiger charge is -2.36. The Morgan fingerprint density at radius 2 is 1.66 bits per heavy atom. The molecule has 1 aliphatic heterocycles. The van der Waals surface area contributed by atoms with Crippen LogP contribution in [0.3, 0.4) is 0 Å². The van der Waals surface area contributed by atoms with Crippen molar-refractivity contribution in [1.29, 1.82) is 0 Å². The number of rotatable bonds is 8. The van der Waals surface area contributed by atoms with E-state index < -0.39 is 22.9 Å². The van der Waals surface area contributed by atoms with Crippen LogP contribution >= 0.6 is 23.2 Å². The Labute approximate surface area is 264 Å². The number of aliphatic carboxylic acids is 1. The predicted molar refractivity (Wildman–Crippen MR) is 169 cm³/mol. The number of carbonyl (C=O) groups is 2. The van der Waals surface area contributed by atoms with Gasteiger partial charge < -0.3 is 15.2 Å². The number of likely N-dealkylation sites (tertiary alicyclic amines) is 1. The molecular weight excluding hydrogens is 605 g/mol. The van der Waals surface area contributed by atoms with E-state index in [4.69, 9.17) is 32.9 Å². The Bertz CT molecular complexity index is 1800. The third kappa shape index (κ3) is 6.19. The van der Waals surface area contributed by atoms with E-state index >= 15 is 0 Å². The number of ether oxygens (including phenoxy) is 1. The van der Waals surface area contributed by atoms with Crippen LogP contribution in [-0.4, -0.2) is 56.8 Å². The number of carboxylic acid groups (broad SMARTS) is 1. The average Bonchev–Trinajstić information content (AvgIpc) is 3.01. The minimum atomic E-state index is -0.755. The minimum Gasteiger partial charge on any atom is -0.481 e. The van der Waals surface area contributed by atoms with Gasteiger partial charge in [-0.05, 0) is 51.1 Å². The molecule has 1 fully saturated rings. The lowest BCUT2D eigenvalue weighted by Crippen LogP contribution is -2.42. The highest BCUT2D eigenvalue weighted by Crippen LogP contribution is 2.41. The van der Waals surface area contributed by atoms with E-state index in [0.29, 0.717) is 71.5 Å². The zero-order valence-corrected chi connectivity index (χ0v) is 25.9. The number of piperidine rings is 1. The van der Waals surface area contributed by atoms with Gasteiger partial charge in [0.1, 0.15) is 5.56 Å². The molecule has 44 heavy (non-hydrogen) atoms. The number of amides is 1. The number of pyridine rings is 1. The number of aromatic nitrogens is 3. The molecule has 1 saturated heterocycles. The van der Waals surface area contributed by atoms with Gasteiger partial charge in [0.2, 0.25) is 5.88 Å². The molecule has 0 unspecified atom stereocenters. The van der Waals surface area contributed by atoms with Crippen molar-refractivity contribution >= 4 is 40.8 Å². The first-order valence-corrected chi connectivity index (χ1v) is 14.7. The fourth-order valence-corrected chi connectivity index (χ4v) is 5.82. The smallest absolute Gasteiger partial charge is 0.309 e. The van der Waals surface area contributed by atoms with Gasteiger partial charge in [0.15, 0.2) is 0 Å². The summed E-state index contributed by atoms with van der Waals surface area (Å²) in [7, 11) is 3.03. The van der Waals surface area contributed by atoms with Gasteiger partial charge in [-0.15, -0.1) is 0 Å². The van der Waals surface area contributed by atoms with Gasteiger partial charge >= 0.3 is 5.97 Å². The summed E-state index contributed by atoms with van der Waals surface area (Å²) in [5.74, 6) is -0.904. The van der Waals surface area contributed by atoms with Crippen molar-refractivity contribution < 1.29 is 19.4 Å². The molecule has 0 atom stereocenters. The van der Waals surface area contributed by atoms with Crippen LogP contribution in [-0.2, 0) is 18.4 Å². The van der Waals surface area contributed by atoms with Crippen LogP contribution in [0.15, 0.2) is 65.6 Å². The summed E-state index contributed by atoms with van der Waals surface area (Å²) in [5, 5.41) is 16.8. The van der Waals surface area contributed by atoms with Gasteiger partial charge in [-0.1, -0.05) is 59.6 Å². The first kappa shape index (κ1) is 31.2. The van der Waals surface area contributed by atoms with E-state index in [1.165, 1.54) is 19.3 Å². The fraction of sp³-hybridized carbons (Fsp3) is 0.281. The molecule has 0 spiro atoms. The number of carboxylic acids is 1. The molecule has 1 aliphatic rings. The number of methoxy groups -OCH3 is 1. The average molecular weight is 637 g/mol. The lowest BCUT2D eigenvalue weighted by molar-refractivity contribution is -0.150. The summed E-state index contributed by atoms with van der Waals surface area (Å²) in [6.07, 6.45) is 2.53. The molecule has 3 heterocycles. The van der Waals surface area contributed by atoms with Crippen LogP contribution in [0.1, 0.15) is 35.7 Å². The van der Waals surface area contributed by atoms with Crippen molar-refractivity contribution in [3.8, 4) is 28.3 Å². The van der Waals surface area contributed by atoms with Crippen LogP contribution in [0.25, 0.3) is 22.4 Å². The van der Waals surface area contributed by atoms with Gasteiger partial charge in [-0.3, -0.25) is 19.3 Å². The maximum Gasteiger partial charge on any atom is 0.309 e. The zero-order chi connectivity index (χ0) is 31.6. The first-order valence-electron chi connectivity index (χ1n) is 13.9. The number of anilines is 1. The Balaban J connectivity index is 1.40. The number of hydrogen-bond donors (Lipinski definition) is 2. The third-order valence-electron chi connectivity index (χ3n) is 8.06. The number of carbonyl (C=O) groups excluding carboxylic acids is 1. The molecular formula is C32H31Cl2N5O5. The minimum absolute atomic E-state index is 0.0634. The highest BCUT2D eigenvalue weighted by molar-refractivity contribution is 6.39. The van der Waals surface area contributed by atoms with Gasteiger partial charge in [-0.25, -0.2) is 9.67 Å². The Kier molecular flexibility index (Phi) is 9.05. The van der Waals surface area contributed by atoms with E-state index in [1.54, 1.807) is 32.2 Å². The number of aryl methyl sites for hydroxylation is 1. The van der Waals surface area contributed by atoms with Crippen molar-refractivity contribution in [2.24, 2.45) is 12.5 Å². The normalized spacial score (nSPS) is 14.7. The highest BCUT2D eigenvalue weighted by atomic mass is 35.5. The predicted octanol–water partition coefficient (Wildman–Crippen LogP) is 5.76. The number of nitrogens with one attached hydrogen (secondary N) is 1. The molecule has 2 aromatic heterocycles. The van der Waals surface area contributed by atoms with Gasteiger partial charge in [-0.2, -0.15) is 5.10 Å². The molecule has 0 radical (unpaired) electrons. The van der Waals surface area contributed by atoms with Crippen molar-refractivity contribution in [3.63, 3.8) is 0 Å². The SMILES string of the molecule is COc1nc(-c2cccc(-c3cccc(NC(=O)c4ccnn(C)c4=O)c3Cl)c2Cl)ccc1CN1CCC(C)(C(=O)O)CC1. The second kappa shape index (κ2) is 12.8. The molecule has 2 N–H and O–H groups in total. The second-order valence-electron chi connectivity index (χ2n) is 11.0. The maximum absolute atomic E-state index is 12.9. The summed E-state index contributed by atoms with van der Waals surface area (Å²) in [4.78, 5) is 43.8. The Morgan fingerprint density at radius 3 is 2.34 bits per heavy atom. The molecule has 2 aromatic carbocycles. The van der Waals surface area contributed by atoms with Crippen LogP contribution in [0.4, 0.5) is 5.69 Å². The maximum atomic E-state index is 12.9. The Hall–Kier alpha value is -4.25. The molecule has 1 amide bonds.